The lowest BCUT2D eigenvalue weighted by Crippen LogP contribution is -2.04. The zero-order chi connectivity index (χ0) is 18.2. The van der Waals surface area contributed by atoms with Crippen LogP contribution in [0.15, 0.2) is 65.8 Å². The molecular formula is C20H21N3O2S. The van der Waals surface area contributed by atoms with Gasteiger partial charge in [-0.15, -0.1) is 10.2 Å². The number of carboxylic acids is 1. The molecule has 0 aliphatic heterocycles. The zero-order valence-electron chi connectivity index (χ0n) is 14.4. The number of hydrogen-bond acceptors (Lipinski definition) is 4. The highest BCUT2D eigenvalue weighted by molar-refractivity contribution is 7.99. The van der Waals surface area contributed by atoms with Gasteiger partial charge in [-0.1, -0.05) is 60.3 Å². The molecule has 0 unspecified atom stereocenters. The van der Waals surface area contributed by atoms with Crippen molar-refractivity contribution in [3.63, 3.8) is 0 Å². The number of thioether (sulfide) groups is 1. The van der Waals surface area contributed by atoms with Gasteiger partial charge in [-0.25, -0.2) is 0 Å². The first-order valence-corrected chi connectivity index (χ1v) is 9.61. The van der Waals surface area contributed by atoms with Crippen molar-refractivity contribution in [3.05, 3.63) is 72.1 Å². The first-order chi connectivity index (χ1) is 12.7. The molecule has 2 aromatic carbocycles. The van der Waals surface area contributed by atoms with E-state index in [0.29, 0.717) is 12.8 Å². The Balaban J connectivity index is 1.77. The minimum atomic E-state index is -0.743. The molecule has 0 fully saturated rings. The third kappa shape index (κ3) is 4.95. The number of nitrogens with zero attached hydrogens (tertiary/aromatic N) is 3. The highest BCUT2D eigenvalue weighted by Crippen LogP contribution is 2.24. The Morgan fingerprint density at radius 3 is 2.35 bits per heavy atom. The molecule has 0 atom stereocenters. The highest BCUT2D eigenvalue weighted by Gasteiger charge is 2.14. The van der Waals surface area contributed by atoms with E-state index in [1.165, 1.54) is 5.56 Å². The summed E-state index contributed by atoms with van der Waals surface area (Å²) in [5.74, 6) is 0.979. The molecule has 3 rings (SSSR count). The Morgan fingerprint density at radius 2 is 1.65 bits per heavy atom. The third-order valence-electron chi connectivity index (χ3n) is 3.94. The molecule has 0 radical (unpaired) electrons. The summed E-state index contributed by atoms with van der Waals surface area (Å²) in [4.78, 5) is 10.6. The largest absolute Gasteiger partial charge is 0.481 e. The zero-order valence-corrected chi connectivity index (χ0v) is 15.2. The standard InChI is InChI=1S/C20H21N3O2S/c24-19(25)13-7-8-14-26-20-22-21-18(15-16-9-3-1-4-10-16)23(20)17-11-5-2-6-12-17/h1-6,9-12H,7-8,13-15H2,(H,24,25). The maximum Gasteiger partial charge on any atom is 0.303 e. The van der Waals surface area contributed by atoms with Crippen LogP contribution in [0.3, 0.4) is 0 Å². The molecule has 0 spiro atoms. The quantitative estimate of drug-likeness (QED) is 0.453. The fourth-order valence-corrected chi connectivity index (χ4v) is 3.63. The highest BCUT2D eigenvalue weighted by atomic mass is 32.2. The molecule has 134 valence electrons. The topological polar surface area (TPSA) is 68.0 Å². The van der Waals surface area contributed by atoms with Gasteiger partial charge in [0.05, 0.1) is 0 Å². The van der Waals surface area contributed by atoms with Crippen LogP contribution in [-0.2, 0) is 11.2 Å². The second kappa shape index (κ2) is 9.20. The van der Waals surface area contributed by atoms with Gasteiger partial charge in [0.15, 0.2) is 5.16 Å². The number of rotatable bonds is 9. The average molecular weight is 367 g/mol. The number of unbranched alkanes of at least 4 members (excludes halogenated alkanes) is 1. The van der Waals surface area contributed by atoms with E-state index in [1.807, 2.05) is 48.5 Å². The summed E-state index contributed by atoms with van der Waals surface area (Å²) < 4.78 is 2.09. The van der Waals surface area contributed by atoms with Gasteiger partial charge >= 0.3 is 5.97 Å². The fraction of sp³-hybridized carbons (Fsp3) is 0.250. The number of para-hydroxylation sites is 1. The van der Waals surface area contributed by atoms with Gasteiger partial charge in [0.1, 0.15) is 5.82 Å². The summed E-state index contributed by atoms with van der Waals surface area (Å²) in [6.07, 6.45) is 2.44. The van der Waals surface area contributed by atoms with E-state index < -0.39 is 5.97 Å². The Bertz CT molecular complexity index is 835. The van der Waals surface area contributed by atoms with E-state index in [-0.39, 0.29) is 6.42 Å². The van der Waals surface area contributed by atoms with Crippen LogP contribution in [0.4, 0.5) is 0 Å². The molecule has 1 heterocycles. The molecule has 1 aromatic heterocycles. The minimum Gasteiger partial charge on any atom is -0.481 e. The Morgan fingerprint density at radius 1 is 0.962 bits per heavy atom. The molecule has 26 heavy (non-hydrogen) atoms. The van der Waals surface area contributed by atoms with Gasteiger partial charge in [-0.3, -0.25) is 9.36 Å². The van der Waals surface area contributed by atoms with Crippen molar-refractivity contribution in [2.24, 2.45) is 0 Å². The molecule has 6 heteroatoms. The van der Waals surface area contributed by atoms with Crippen LogP contribution < -0.4 is 0 Å². The molecular weight excluding hydrogens is 346 g/mol. The second-order valence-electron chi connectivity index (χ2n) is 5.93. The minimum absolute atomic E-state index is 0.213. The summed E-state index contributed by atoms with van der Waals surface area (Å²) in [5.41, 5.74) is 2.23. The van der Waals surface area contributed by atoms with Gasteiger partial charge in [0, 0.05) is 24.3 Å². The summed E-state index contributed by atoms with van der Waals surface area (Å²) in [7, 11) is 0. The summed E-state index contributed by atoms with van der Waals surface area (Å²) in [6.45, 7) is 0. The number of carboxylic acid groups (broad SMARTS) is 1. The summed E-state index contributed by atoms with van der Waals surface area (Å²) >= 11 is 1.62. The molecule has 3 aromatic rings. The Hall–Kier alpha value is -2.60. The number of carbonyl (C=O) groups is 1. The lowest BCUT2D eigenvalue weighted by Gasteiger charge is -2.10. The normalized spacial score (nSPS) is 10.8. The fourth-order valence-electron chi connectivity index (χ4n) is 2.66. The van der Waals surface area contributed by atoms with Crippen LogP contribution in [0.2, 0.25) is 0 Å². The molecule has 0 aliphatic carbocycles. The second-order valence-corrected chi connectivity index (χ2v) is 6.99. The van der Waals surface area contributed by atoms with Crippen LogP contribution in [0.1, 0.15) is 30.7 Å². The number of aliphatic carboxylic acids is 1. The Kier molecular flexibility index (Phi) is 6.44. The number of aromatic nitrogens is 3. The molecule has 1 N–H and O–H groups in total. The van der Waals surface area contributed by atoms with E-state index >= 15 is 0 Å². The van der Waals surface area contributed by atoms with Crippen LogP contribution >= 0.6 is 11.8 Å². The van der Waals surface area contributed by atoms with Crippen molar-refractivity contribution >= 4 is 17.7 Å². The van der Waals surface area contributed by atoms with Gasteiger partial charge < -0.3 is 5.11 Å². The predicted octanol–water partition coefficient (Wildman–Crippen LogP) is 4.21. The maximum absolute atomic E-state index is 10.6. The first kappa shape index (κ1) is 18.2. The Labute approximate surface area is 157 Å². The van der Waals surface area contributed by atoms with Gasteiger partial charge in [0.25, 0.3) is 0 Å². The molecule has 0 aliphatic rings. The van der Waals surface area contributed by atoms with Gasteiger partial charge in [-0.05, 0) is 30.5 Å². The monoisotopic (exact) mass is 367 g/mol. The van der Waals surface area contributed by atoms with Crippen molar-refractivity contribution < 1.29 is 9.90 Å². The van der Waals surface area contributed by atoms with Crippen LogP contribution in [0.5, 0.6) is 0 Å². The summed E-state index contributed by atoms with van der Waals surface area (Å²) in [6, 6.07) is 20.3. The van der Waals surface area contributed by atoms with Crippen molar-refractivity contribution in [2.75, 3.05) is 5.75 Å². The molecule has 0 saturated heterocycles. The van der Waals surface area contributed by atoms with Gasteiger partial charge in [0.2, 0.25) is 0 Å². The molecule has 0 saturated carbocycles. The van der Waals surface area contributed by atoms with Crippen LogP contribution in [0, 0.1) is 0 Å². The average Bonchev–Trinajstić information content (AvgIpc) is 3.05. The number of hydrogen-bond donors (Lipinski definition) is 1. The van der Waals surface area contributed by atoms with Crippen molar-refractivity contribution in [1.82, 2.24) is 14.8 Å². The van der Waals surface area contributed by atoms with Gasteiger partial charge in [-0.2, -0.15) is 0 Å². The molecule has 0 bridgehead atoms. The van der Waals surface area contributed by atoms with Crippen molar-refractivity contribution in [1.29, 1.82) is 0 Å². The van der Waals surface area contributed by atoms with Crippen molar-refractivity contribution in [3.8, 4) is 5.69 Å². The van der Waals surface area contributed by atoms with E-state index in [4.69, 9.17) is 5.11 Å². The smallest absolute Gasteiger partial charge is 0.303 e. The van der Waals surface area contributed by atoms with Crippen molar-refractivity contribution in [2.45, 2.75) is 30.8 Å². The third-order valence-corrected chi connectivity index (χ3v) is 4.95. The van der Waals surface area contributed by atoms with E-state index in [0.717, 1.165) is 28.8 Å². The van der Waals surface area contributed by atoms with E-state index in [1.54, 1.807) is 11.8 Å². The lowest BCUT2D eigenvalue weighted by molar-refractivity contribution is -0.137. The SMILES string of the molecule is O=C(O)CCCCSc1nnc(Cc2ccccc2)n1-c1ccccc1. The maximum atomic E-state index is 10.6. The number of benzene rings is 2. The predicted molar refractivity (Wildman–Crippen MR) is 103 cm³/mol. The van der Waals surface area contributed by atoms with E-state index in [2.05, 4.69) is 26.9 Å². The van der Waals surface area contributed by atoms with Crippen LogP contribution in [0.25, 0.3) is 5.69 Å². The van der Waals surface area contributed by atoms with E-state index in [9.17, 15) is 4.79 Å². The molecule has 0 amide bonds. The summed E-state index contributed by atoms with van der Waals surface area (Å²) in [5, 5.41) is 18.4. The first-order valence-electron chi connectivity index (χ1n) is 8.62. The van der Waals surface area contributed by atoms with Crippen LogP contribution in [-0.4, -0.2) is 31.6 Å². The molecule has 5 nitrogen and oxygen atoms in total. The lowest BCUT2D eigenvalue weighted by atomic mass is 10.1.